The van der Waals surface area contributed by atoms with Crippen LogP contribution in [0.15, 0.2) is 12.1 Å². The summed E-state index contributed by atoms with van der Waals surface area (Å²) in [6, 6.07) is 2.34. The van der Waals surface area contributed by atoms with E-state index in [0.29, 0.717) is 0 Å². The molecule has 0 atom stereocenters. The number of halogens is 2. The van der Waals surface area contributed by atoms with Crippen LogP contribution in [0.1, 0.15) is 10.4 Å². The third kappa shape index (κ3) is 2.19. The Bertz CT molecular complexity index is 433. The fourth-order valence-corrected chi connectivity index (χ4v) is 1.38. The zero-order valence-electron chi connectivity index (χ0n) is 7.49. The number of benzene rings is 1. The maximum absolute atomic E-state index is 11.2. The molecule has 0 heterocycles. The van der Waals surface area contributed by atoms with Crippen LogP contribution in [0.5, 0.6) is 0 Å². The molecule has 15 heavy (non-hydrogen) atoms. The van der Waals surface area contributed by atoms with Gasteiger partial charge in [0.25, 0.3) is 5.69 Å². The van der Waals surface area contributed by atoms with Gasteiger partial charge in [-0.05, 0) is 6.07 Å². The Morgan fingerprint density at radius 3 is 2.53 bits per heavy atom. The van der Waals surface area contributed by atoms with Gasteiger partial charge < -0.3 is 4.74 Å². The first-order chi connectivity index (χ1) is 6.99. The van der Waals surface area contributed by atoms with Gasteiger partial charge in [0.1, 0.15) is 0 Å². The van der Waals surface area contributed by atoms with E-state index in [2.05, 4.69) is 4.74 Å². The summed E-state index contributed by atoms with van der Waals surface area (Å²) in [4.78, 5) is 21.1. The van der Waals surface area contributed by atoms with Crippen LogP contribution in [-0.2, 0) is 4.74 Å². The average molecular weight is 250 g/mol. The van der Waals surface area contributed by atoms with Gasteiger partial charge in [-0.25, -0.2) is 4.79 Å². The Morgan fingerprint density at radius 1 is 1.47 bits per heavy atom. The second-order valence-corrected chi connectivity index (χ2v) is 3.29. The normalized spacial score (nSPS) is 9.80. The van der Waals surface area contributed by atoms with Crippen molar-refractivity contribution >= 4 is 34.9 Å². The van der Waals surface area contributed by atoms with Gasteiger partial charge >= 0.3 is 5.97 Å². The monoisotopic (exact) mass is 249 g/mol. The Labute approximate surface area is 94.7 Å². The lowest BCUT2D eigenvalue weighted by Gasteiger charge is -2.04. The molecule has 7 heteroatoms. The first-order valence-electron chi connectivity index (χ1n) is 3.69. The molecule has 1 rings (SSSR count). The zero-order valence-corrected chi connectivity index (χ0v) is 9.00. The van der Waals surface area contributed by atoms with Gasteiger partial charge in [0.2, 0.25) is 0 Å². The number of nitrogens with zero attached hydrogens (tertiary/aromatic N) is 1. The maximum atomic E-state index is 11.2. The number of carbonyl (C=O) groups is 1. The van der Waals surface area contributed by atoms with Crippen molar-refractivity contribution in [3.63, 3.8) is 0 Å². The first kappa shape index (κ1) is 11.7. The highest BCUT2D eigenvalue weighted by Crippen LogP contribution is 2.33. The summed E-state index contributed by atoms with van der Waals surface area (Å²) in [5, 5.41) is 10.5. The third-order valence-electron chi connectivity index (χ3n) is 1.66. The Hall–Kier alpha value is -1.33. The minimum absolute atomic E-state index is 0.0580. The molecule has 0 fully saturated rings. The number of nitro benzene ring substituents is 1. The summed E-state index contributed by atoms with van der Waals surface area (Å²) in [7, 11) is 1.10. The zero-order chi connectivity index (χ0) is 11.6. The van der Waals surface area contributed by atoms with E-state index in [4.69, 9.17) is 23.2 Å². The molecule has 0 aliphatic rings. The molecule has 0 bridgehead atoms. The number of carbonyl (C=O) groups excluding carboxylic acids is 1. The van der Waals surface area contributed by atoms with Crippen LogP contribution in [0.2, 0.25) is 10.0 Å². The summed E-state index contributed by atoms with van der Waals surface area (Å²) in [5.41, 5.74) is -0.770. The van der Waals surface area contributed by atoms with E-state index in [1.54, 1.807) is 0 Å². The van der Waals surface area contributed by atoms with Crippen molar-refractivity contribution in [2.75, 3.05) is 7.11 Å². The fourth-order valence-electron chi connectivity index (χ4n) is 0.989. The second-order valence-electron chi connectivity index (χ2n) is 2.50. The number of rotatable bonds is 2. The average Bonchev–Trinajstić information content (AvgIpc) is 2.20. The molecule has 0 saturated carbocycles. The van der Waals surface area contributed by atoms with Crippen LogP contribution >= 0.6 is 23.2 Å². The van der Waals surface area contributed by atoms with Crippen molar-refractivity contribution in [2.24, 2.45) is 0 Å². The Kier molecular flexibility index (Phi) is 3.49. The highest BCUT2D eigenvalue weighted by Gasteiger charge is 2.25. The van der Waals surface area contributed by atoms with E-state index in [9.17, 15) is 14.9 Å². The van der Waals surface area contributed by atoms with Crippen molar-refractivity contribution in [1.82, 2.24) is 0 Å². The molecular weight excluding hydrogens is 245 g/mol. The number of methoxy groups -OCH3 is 1. The molecule has 80 valence electrons. The smallest absolute Gasteiger partial charge is 0.346 e. The summed E-state index contributed by atoms with van der Waals surface area (Å²) in [5.74, 6) is -0.894. The van der Waals surface area contributed by atoms with E-state index in [1.807, 2.05) is 0 Å². The predicted molar refractivity (Wildman–Crippen MR) is 54.5 cm³/mol. The molecule has 0 saturated heterocycles. The second kappa shape index (κ2) is 4.46. The van der Waals surface area contributed by atoms with Gasteiger partial charge in [0, 0.05) is 6.07 Å². The Morgan fingerprint density at radius 2 is 2.07 bits per heavy atom. The lowest BCUT2D eigenvalue weighted by atomic mass is 10.2. The summed E-state index contributed by atoms with van der Waals surface area (Å²) < 4.78 is 4.38. The van der Waals surface area contributed by atoms with Crippen LogP contribution in [0, 0.1) is 10.1 Å². The van der Waals surface area contributed by atoms with E-state index in [-0.39, 0.29) is 15.6 Å². The fraction of sp³-hybridized carbons (Fsp3) is 0.125. The summed E-state index contributed by atoms with van der Waals surface area (Å²) in [6.45, 7) is 0. The molecule has 1 aromatic carbocycles. The molecule has 0 aliphatic carbocycles. The quantitative estimate of drug-likeness (QED) is 0.459. The van der Waals surface area contributed by atoms with Crippen LogP contribution < -0.4 is 0 Å². The van der Waals surface area contributed by atoms with E-state index in [1.165, 1.54) is 6.07 Å². The molecule has 0 spiro atoms. The molecule has 0 aliphatic heterocycles. The standard InChI is InChI=1S/C8H5Cl2NO4/c1-15-8(12)6-5(11(13)14)3-2-4(9)7(6)10/h2-3H,1H3. The largest absolute Gasteiger partial charge is 0.465 e. The van der Waals surface area contributed by atoms with Crippen LogP contribution in [0.25, 0.3) is 0 Å². The van der Waals surface area contributed by atoms with E-state index >= 15 is 0 Å². The molecule has 0 amide bonds. The highest BCUT2D eigenvalue weighted by molar-refractivity contribution is 6.44. The highest BCUT2D eigenvalue weighted by atomic mass is 35.5. The third-order valence-corrected chi connectivity index (χ3v) is 2.46. The number of ether oxygens (including phenoxy) is 1. The molecule has 5 nitrogen and oxygen atoms in total. The predicted octanol–water partition coefficient (Wildman–Crippen LogP) is 2.69. The molecule has 0 radical (unpaired) electrons. The van der Waals surface area contributed by atoms with Gasteiger partial charge in [-0.2, -0.15) is 0 Å². The van der Waals surface area contributed by atoms with Gasteiger partial charge in [0.15, 0.2) is 5.56 Å². The lowest BCUT2D eigenvalue weighted by molar-refractivity contribution is -0.385. The SMILES string of the molecule is COC(=O)c1c([N+](=O)[O-])ccc(Cl)c1Cl. The first-order valence-corrected chi connectivity index (χ1v) is 4.45. The molecular formula is C8H5Cl2NO4. The van der Waals surface area contributed by atoms with Gasteiger partial charge in [-0.15, -0.1) is 0 Å². The van der Waals surface area contributed by atoms with Crippen molar-refractivity contribution < 1.29 is 14.5 Å². The molecule has 1 aromatic rings. The van der Waals surface area contributed by atoms with Gasteiger partial charge in [-0.1, -0.05) is 23.2 Å². The molecule has 0 N–H and O–H groups in total. The van der Waals surface area contributed by atoms with Crippen molar-refractivity contribution in [1.29, 1.82) is 0 Å². The molecule has 0 aromatic heterocycles. The topological polar surface area (TPSA) is 69.4 Å². The van der Waals surface area contributed by atoms with E-state index in [0.717, 1.165) is 13.2 Å². The molecule has 0 unspecified atom stereocenters. The Balaban J connectivity index is 3.48. The maximum Gasteiger partial charge on any atom is 0.346 e. The number of hydrogen-bond acceptors (Lipinski definition) is 4. The van der Waals surface area contributed by atoms with Crippen LogP contribution in [0.4, 0.5) is 5.69 Å². The van der Waals surface area contributed by atoms with Crippen LogP contribution in [0.3, 0.4) is 0 Å². The van der Waals surface area contributed by atoms with Crippen LogP contribution in [-0.4, -0.2) is 18.0 Å². The van der Waals surface area contributed by atoms with Crippen molar-refractivity contribution in [3.05, 3.63) is 37.9 Å². The minimum atomic E-state index is -0.894. The minimum Gasteiger partial charge on any atom is -0.465 e. The number of hydrogen-bond donors (Lipinski definition) is 0. The summed E-state index contributed by atoms with van der Waals surface area (Å²) in [6.07, 6.45) is 0. The lowest BCUT2D eigenvalue weighted by Crippen LogP contribution is -2.06. The van der Waals surface area contributed by atoms with Gasteiger partial charge in [-0.3, -0.25) is 10.1 Å². The summed E-state index contributed by atoms with van der Waals surface area (Å²) >= 11 is 11.3. The number of esters is 1. The van der Waals surface area contributed by atoms with E-state index < -0.39 is 16.6 Å². The van der Waals surface area contributed by atoms with Crippen molar-refractivity contribution in [3.8, 4) is 0 Å². The van der Waals surface area contributed by atoms with Gasteiger partial charge in [0.05, 0.1) is 22.1 Å². The number of nitro groups is 1. The van der Waals surface area contributed by atoms with Crippen molar-refractivity contribution in [2.45, 2.75) is 0 Å².